The number of fused-ring (bicyclic) bond motifs is 1. The van der Waals surface area contributed by atoms with Crippen molar-refractivity contribution in [1.82, 2.24) is 0 Å². The number of benzene rings is 1. The predicted molar refractivity (Wildman–Crippen MR) is 83.2 cm³/mol. The summed E-state index contributed by atoms with van der Waals surface area (Å²) in [5.74, 6) is 1.10. The van der Waals surface area contributed by atoms with Gasteiger partial charge >= 0.3 is 0 Å². The third kappa shape index (κ3) is 4.66. The van der Waals surface area contributed by atoms with Crippen LogP contribution in [0.5, 0.6) is 0 Å². The summed E-state index contributed by atoms with van der Waals surface area (Å²) in [5, 5.41) is 1.21. The number of hydrogen-bond donors (Lipinski definition) is 2. The number of nitrogens with one attached hydrogen (secondary N) is 2. The zero-order valence-electron chi connectivity index (χ0n) is 13.0. The minimum Gasteiger partial charge on any atom is -0.455 e. The highest BCUT2D eigenvalue weighted by atomic mass is 16.3. The van der Waals surface area contributed by atoms with Gasteiger partial charge in [-0.3, -0.25) is 0 Å². The molecular weight excluding hydrogens is 248 g/mol. The van der Waals surface area contributed by atoms with Gasteiger partial charge in [-0.15, -0.1) is 0 Å². The molecule has 2 aromatic rings. The van der Waals surface area contributed by atoms with E-state index in [9.17, 15) is 0 Å². The molecule has 0 aliphatic heterocycles. The van der Waals surface area contributed by atoms with Crippen molar-refractivity contribution in [3.63, 3.8) is 0 Å². The number of quaternary nitrogens is 2. The van der Waals surface area contributed by atoms with Crippen LogP contribution in [0.4, 0.5) is 0 Å². The molecular formula is C17H28N2O+2. The highest BCUT2D eigenvalue weighted by molar-refractivity contribution is 5.77. The fourth-order valence-corrected chi connectivity index (χ4v) is 2.59. The maximum absolute atomic E-state index is 5.87. The quantitative estimate of drug-likeness (QED) is 0.683. The fourth-order valence-electron chi connectivity index (χ4n) is 2.59. The molecule has 0 radical (unpaired) electrons. The molecule has 20 heavy (non-hydrogen) atoms. The van der Waals surface area contributed by atoms with Crippen LogP contribution in [0.2, 0.25) is 0 Å². The monoisotopic (exact) mass is 276 g/mol. The molecule has 1 heterocycles. The number of hydrogen-bond acceptors (Lipinski definition) is 1. The molecule has 2 N–H and O–H groups in total. The minimum absolute atomic E-state index is 0.980. The first-order valence-corrected chi connectivity index (χ1v) is 7.73. The summed E-state index contributed by atoms with van der Waals surface area (Å²) in [5.41, 5.74) is 1.00. The lowest BCUT2D eigenvalue weighted by molar-refractivity contribution is -0.895. The van der Waals surface area contributed by atoms with Crippen molar-refractivity contribution < 1.29 is 14.2 Å². The zero-order valence-corrected chi connectivity index (χ0v) is 13.0. The van der Waals surface area contributed by atoms with Crippen molar-refractivity contribution in [3.8, 4) is 0 Å². The van der Waals surface area contributed by atoms with Crippen LogP contribution in [0.25, 0.3) is 11.0 Å². The lowest BCUT2D eigenvalue weighted by atomic mass is 10.2. The minimum atomic E-state index is 0.980. The molecule has 2 rings (SSSR count). The lowest BCUT2D eigenvalue weighted by Gasteiger charge is -2.12. The van der Waals surface area contributed by atoms with E-state index in [-0.39, 0.29) is 0 Å². The average molecular weight is 276 g/mol. The van der Waals surface area contributed by atoms with E-state index >= 15 is 0 Å². The average Bonchev–Trinajstić information content (AvgIpc) is 2.79. The standard InChI is InChI=1S/C17H26N2O/c1-18(2)11-7-4-8-12-19(3)14-16-13-15-9-5-6-10-17(15)20-16/h5-6,9-10,13H,4,7-8,11-12,14H2,1-3H3/p+2. The van der Waals surface area contributed by atoms with Gasteiger partial charge in [0.15, 0.2) is 5.76 Å². The number of unbranched alkanes of at least 4 members (excludes halogenated alkanes) is 2. The molecule has 0 saturated carbocycles. The summed E-state index contributed by atoms with van der Waals surface area (Å²) < 4.78 is 5.87. The molecule has 0 aliphatic carbocycles. The Kier molecular flexibility index (Phi) is 5.62. The van der Waals surface area contributed by atoms with Gasteiger partial charge in [-0.1, -0.05) is 18.2 Å². The second-order valence-electron chi connectivity index (χ2n) is 6.15. The molecule has 1 aromatic heterocycles. The molecule has 0 spiro atoms. The van der Waals surface area contributed by atoms with Gasteiger partial charge in [0.1, 0.15) is 12.1 Å². The SMILES string of the molecule is C[NH+](C)CCCCC[NH+](C)Cc1cc2ccccc2o1. The van der Waals surface area contributed by atoms with Crippen molar-refractivity contribution in [2.24, 2.45) is 0 Å². The van der Waals surface area contributed by atoms with Crippen LogP contribution < -0.4 is 9.80 Å². The Morgan fingerprint density at radius 2 is 1.70 bits per heavy atom. The lowest BCUT2D eigenvalue weighted by Crippen LogP contribution is -3.07. The molecule has 0 saturated heterocycles. The van der Waals surface area contributed by atoms with E-state index in [0.717, 1.165) is 17.9 Å². The van der Waals surface area contributed by atoms with Gasteiger partial charge in [0.05, 0.1) is 34.2 Å². The van der Waals surface area contributed by atoms with Gasteiger partial charge < -0.3 is 14.2 Å². The summed E-state index contributed by atoms with van der Waals surface area (Å²) >= 11 is 0. The third-order valence-electron chi connectivity index (χ3n) is 3.73. The molecule has 1 atom stereocenters. The van der Waals surface area contributed by atoms with E-state index in [0.29, 0.717) is 0 Å². The summed E-state index contributed by atoms with van der Waals surface area (Å²) in [7, 11) is 6.70. The Hall–Kier alpha value is -1.32. The van der Waals surface area contributed by atoms with Crippen molar-refractivity contribution in [2.45, 2.75) is 25.8 Å². The van der Waals surface area contributed by atoms with E-state index in [2.05, 4.69) is 39.3 Å². The molecule has 0 fully saturated rings. The van der Waals surface area contributed by atoms with Crippen molar-refractivity contribution in [3.05, 3.63) is 36.1 Å². The topological polar surface area (TPSA) is 22.0 Å². The summed E-state index contributed by atoms with van der Waals surface area (Å²) in [4.78, 5) is 3.08. The summed E-state index contributed by atoms with van der Waals surface area (Å²) in [6.07, 6.45) is 3.97. The highest BCUT2D eigenvalue weighted by Gasteiger charge is 2.09. The van der Waals surface area contributed by atoms with Crippen LogP contribution in [0, 0.1) is 0 Å². The van der Waals surface area contributed by atoms with Crippen molar-refractivity contribution in [2.75, 3.05) is 34.2 Å². The van der Waals surface area contributed by atoms with Gasteiger partial charge in [-0.05, 0) is 31.4 Å². The molecule has 3 heteroatoms. The first-order chi connectivity index (χ1) is 9.65. The number of para-hydroxylation sites is 1. The Balaban J connectivity index is 1.72. The fraction of sp³-hybridized carbons (Fsp3) is 0.529. The van der Waals surface area contributed by atoms with Crippen LogP contribution >= 0.6 is 0 Å². The van der Waals surface area contributed by atoms with Crippen molar-refractivity contribution >= 4 is 11.0 Å². The summed E-state index contributed by atoms with van der Waals surface area (Å²) in [6, 6.07) is 10.4. The first-order valence-electron chi connectivity index (χ1n) is 7.73. The Bertz CT molecular complexity index is 485. The van der Waals surface area contributed by atoms with Gasteiger partial charge in [-0.25, -0.2) is 0 Å². The Morgan fingerprint density at radius 3 is 2.45 bits per heavy atom. The van der Waals surface area contributed by atoms with Crippen molar-refractivity contribution in [1.29, 1.82) is 0 Å². The molecule has 0 amide bonds. The Morgan fingerprint density at radius 1 is 0.950 bits per heavy atom. The van der Waals surface area contributed by atoms with E-state index in [4.69, 9.17) is 4.42 Å². The Labute approximate surface area is 122 Å². The maximum Gasteiger partial charge on any atom is 0.159 e. The predicted octanol–water partition coefficient (Wildman–Crippen LogP) is 0.762. The van der Waals surface area contributed by atoms with Crippen LogP contribution in [0.1, 0.15) is 25.0 Å². The number of rotatable bonds is 8. The second kappa shape index (κ2) is 7.46. The van der Waals surface area contributed by atoms with Gasteiger partial charge in [0.2, 0.25) is 0 Å². The smallest absolute Gasteiger partial charge is 0.159 e. The second-order valence-corrected chi connectivity index (χ2v) is 6.15. The van der Waals surface area contributed by atoms with Gasteiger partial charge in [-0.2, -0.15) is 0 Å². The molecule has 1 aromatic carbocycles. The van der Waals surface area contributed by atoms with E-state index in [1.165, 1.54) is 42.6 Å². The normalized spacial score (nSPS) is 13.2. The first kappa shape index (κ1) is 15.1. The van der Waals surface area contributed by atoms with Crippen LogP contribution in [0.3, 0.4) is 0 Å². The highest BCUT2D eigenvalue weighted by Crippen LogP contribution is 2.17. The van der Waals surface area contributed by atoms with Crippen LogP contribution in [0.15, 0.2) is 34.7 Å². The van der Waals surface area contributed by atoms with Gasteiger partial charge in [0.25, 0.3) is 0 Å². The van der Waals surface area contributed by atoms with Crippen LogP contribution in [-0.2, 0) is 6.54 Å². The molecule has 1 unspecified atom stereocenters. The largest absolute Gasteiger partial charge is 0.455 e. The molecule has 0 aliphatic rings. The molecule has 3 nitrogen and oxygen atoms in total. The van der Waals surface area contributed by atoms with E-state index in [1.807, 2.05) is 12.1 Å². The zero-order chi connectivity index (χ0) is 14.4. The maximum atomic E-state index is 5.87. The third-order valence-corrected chi connectivity index (χ3v) is 3.73. The summed E-state index contributed by atoms with van der Waals surface area (Å²) in [6.45, 7) is 3.48. The van der Waals surface area contributed by atoms with Gasteiger partial charge in [0, 0.05) is 5.39 Å². The van der Waals surface area contributed by atoms with E-state index < -0.39 is 0 Å². The van der Waals surface area contributed by atoms with Crippen LogP contribution in [-0.4, -0.2) is 34.2 Å². The van der Waals surface area contributed by atoms with E-state index in [1.54, 1.807) is 4.90 Å². The molecule has 110 valence electrons. The molecule has 0 bridgehead atoms. The number of furan rings is 1.